The topological polar surface area (TPSA) is 69.6 Å². The SMILES string of the molecule is C=CC(=O)N1CC(N2C3CCC2CC(c2ccc4c(c2)NC2=NCCC(N5CCOCC5)=C2CO4)C3)C1. The molecule has 0 spiro atoms. The first-order chi connectivity index (χ1) is 18.2. The maximum absolute atomic E-state index is 11.9. The van der Waals surface area contributed by atoms with Gasteiger partial charge < -0.3 is 24.6 Å². The zero-order valence-electron chi connectivity index (χ0n) is 21.5. The molecule has 0 aromatic heterocycles. The molecule has 1 N–H and O–H groups in total. The molecule has 0 saturated carbocycles. The Morgan fingerprint density at radius 2 is 1.89 bits per heavy atom. The number of benzene rings is 1. The molecule has 8 nitrogen and oxygen atoms in total. The lowest BCUT2D eigenvalue weighted by Crippen LogP contribution is -2.64. The summed E-state index contributed by atoms with van der Waals surface area (Å²) in [7, 11) is 0. The lowest BCUT2D eigenvalue weighted by atomic mass is 9.83. The fraction of sp³-hybridized carbons (Fsp3) is 0.586. The van der Waals surface area contributed by atoms with Gasteiger partial charge in [0.1, 0.15) is 18.2 Å². The molecule has 4 fully saturated rings. The minimum absolute atomic E-state index is 0.0656. The van der Waals surface area contributed by atoms with Crippen LogP contribution in [0, 0.1) is 0 Å². The van der Waals surface area contributed by atoms with Crippen LogP contribution in [0.1, 0.15) is 43.6 Å². The normalized spacial score (nSPS) is 29.8. The zero-order valence-corrected chi connectivity index (χ0v) is 21.5. The fourth-order valence-corrected chi connectivity index (χ4v) is 7.44. The monoisotopic (exact) mass is 503 g/mol. The Kier molecular flexibility index (Phi) is 5.96. The Bertz CT molecular complexity index is 1140. The minimum Gasteiger partial charge on any atom is -0.487 e. The van der Waals surface area contributed by atoms with Crippen LogP contribution in [0.2, 0.25) is 0 Å². The van der Waals surface area contributed by atoms with E-state index in [0.29, 0.717) is 30.7 Å². The van der Waals surface area contributed by atoms with Gasteiger partial charge in [-0.25, -0.2) is 0 Å². The molecule has 2 unspecified atom stereocenters. The van der Waals surface area contributed by atoms with E-state index < -0.39 is 0 Å². The summed E-state index contributed by atoms with van der Waals surface area (Å²) in [6, 6.07) is 8.50. The summed E-state index contributed by atoms with van der Waals surface area (Å²) >= 11 is 0. The molecule has 4 saturated heterocycles. The molecule has 1 aromatic carbocycles. The second-order valence-electron chi connectivity index (χ2n) is 11.3. The maximum Gasteiger partial charge on any atom is 0.246 e. The maximum atomic E-state index is 11.9. The van der Waals surface area contributed by atoms with Gasteiger partial charge in [-0.3, -0.25) is 14.7 Å². The Labute approximate surface area is 219 Å². The van der Waals surface area contributed by atoms with E-state index in [2.05, 4.69) is 39.9 Å². The fourth-order valence-electron chi connectivity index (χ4n) is 7.44. The number of rotatable bonds is 4. The standard InChI is InChI=1S/C29H37N5O3/c1-2-28(35)33-16-23(17-33)34-21-4-5-22(34)14-20(13-21)19-3-6-27-25(15-19)31-29-24(18-37-27)26(7-8-30-29)32-9-11-36-12-10-32/h2-3,6,15,20-23H,1,4-5,7-14,16-18H2,(H,30,31). The van der Waals surface area contributed by atoms with E-state index >= 15 is 0 Å². The summed E-state index contributed by atoms with van der Waals surface area (Å²) in [4.78, 5) is 23.9. The number of amidine groups is 1. The molecule has 196 valence electrons. The number of ether oxygens (including phenoxy) is 2. The molecule has 8 heteroatoms. The van der Waals surface area contributed by atoms with Crippen molar-refractivity contribution in [2.75, 3.05) is 57.9 Å². The Morgan fingerprint density at radius 3 is 2.65 bits per heavy atom. The molecule has 6 aliphatic rings. The van der Waals surface area contributed by atoms with E-state index in [1.807, 2.05) is 4.90 Å². The van der Waals surface area contributed by atoms with Gasteiger partial charge in [0.05, 0.1) is 24.5 Å². The van der Waals surface area contributed by atoms with Gasteiger partial charge in [-0.1, -0.05) is 12.6 Å². The number of amides is 1. The van der Waals surface area contributed by atoms with Crippen LogP contribution >= 0.6 is 0 Å². The first-order valence-corrected chi connectivity index (χ1v) is 14.0. The van der Waals surface area contributed by atoms with Crippen LogP contribution in [0.15, 0.2) is 47.1 Å². The number of hydrogen-bond donors (Lipinski definition) is 1. The highest BCUT2D eigenvalue weighted by molar-refractivity contribution is 6.10. The number of nitrogens with zero attached hydrogens (tertiary/aromatic N) is 4. The molecule has 0 radical (unpaired) electrons. The van der Waals surface area contributed by atoms with Crippen molar-refractivity contribution in [2.45, 2.75) is 56.1 Å². The zero-order chi connectivity index (χ0) is 24.9. The quantitative estimate of drug-likeness (QED) is 0.638. The molecule has 7 rings (SSSR count). The van der Waals surface area contributed by atoms with E-state index in [-0.39, 0.29) is 5.91 Å². The molecule has 6 heterocycles. The first-order valence-electron chi connectivity index (χ1n) is 14.0. The van der Waals surface area contributed by atoms with Crippen LogP contribution in [-0.2, 0) is 9.53 Å². The van der Waals surface area contributed by atoms with E-state index in [0.717, 1.165) is 69.6 Å². The molecule has 6 aliphatic heterocycles. The molecule has 2 atom stereocenters. The molecular weight excluding hydrogens is 466 g/mol. The van der Waals surface area contributed by atoms with Crippen molar-refractivity contribution in [3.8, 4) is 5.75 Å². The molecule has 37 heavy (non-hydrogen) atoms. The third-order valence-corrected chi connectivity index (χ3v) is 9.31. The van der Waals surface area contributed by atoms with Gasteiger partial charge in [-0.15, -0.1) is 0 Å². The molecule has 0 aliphatic carbocycles. The highest BCUT2D eigenvalue weighted by Crippen LogP contribution is 2.46. The van der Waals surface area contributed by atoms with Crippen molar-refractivity contribution in [1.82, 2.24) is 14.7 Å². The van der Waals surface area contributed by atoms with Crippen molar-refractivity contribution >= 4 is 17.4 Å². The van der Waals surface area contributed by atoms with E-state index in [1.165, 1.54) is 48.6 Å². The van der Waals surface area contributed by atoms with Crippen molar-refractivity contribution in [3.63, 3.8) is 0 Å². The van der Waals surface area contributed by atoms with Crippen LogP contribution in [0.25, 0.3) is 0 Å². The van der Waals surface area contributed by atoms with Crippen LogP contribution in [0.5, 0.6) is 5.75 Å². The summed E-state index contributed by atoms with van der Waals surface area (Å²) in [5, 5.41) is 3.67. The number of fused-ring (bicyclic) bond motifs is 4. The van der Waals surface area contributed by atoms with Gasteiger partial charge in [0.15, 0.2) is 0 Å². The number of dihydropyridines is 1. The lowest BCUT2D eigenvalue weighted by molar-refractivity contribution is -0.135. The number of hydrogen-bond acceptors (Lipinski definition) is 7. The number of likely N-dealkylation sites (tertiary alicyclic amines) is 1. The van der Waals surface area contributed by atoms with Crippen molar-refractivity contribution in [1.29, 1.82) is 0 Å². The van der Waals surface area contributed by atoms with Gasteiger partial charge in [-0.05, 0) is 55.4 Å². The molecule has 2 bridgehead atoms. The van der Waals surface area contributed by atoms with Crippen LogP contribution < -0.4 is 10.1 Å². The number of nitrogens with one attached hydrogen (secondary N) is 1. The number of aliphatic imine (C=N–C) groups is 1. The predicted molar refractivity (Wildman–Crippen MR) is 143 cm³/mol. The predicted octanol–water partition coefficient (Wildman–Crippen LogP) is 2.99. The third-order valence-electron chi connectivity index (χ3n) is 9.31. The van der Waals surface area contributed by atoms with E-state index in [4.69, 9.17) is 14.5 Å². The number of piperidine rings is 1. The summed E-state index contributed by atoms with van der Waals surface area (Å²) in [5.74, 6) is 2.51. The number of carbonyl (C=O) groups excluding carboxylic acids is 1. The van der Waals surface area contributed by atoms with Gasteiger partial charge in [0, 0.05) is 63.0 Å². The summed E-state index contributed by atoms with van der Waals surface area (Å²) < 4.78 is 11.9. The van der Waals surface area contributed by atoms with Gasteiger partial charge in [0.25, 0.3) is 0 Å². The minimum atomic E-state index is 0.0656. The van der Waals surface area contributed by atoms with E-state index in [9.17, 15) is 4.79 Å². The second kappa shape index (κ2) is 9.48. The molecule has 1 aromatic rings. The van der Waals surface area contributed by atoms with Gasteiger partial charge in [-0.2, -0.15) is 0 Å². The second-order valence-corrected chi connectivity index (χ2v) is 11.3. The number of anilines is 1. The first kappa shape index (κ1) is 23.3. The molecular formula is C29H37N5O3. The highest BCUT2D eigenvalue weighted by Gasteiger charge is 2.47. The average molecular weight is 504 g/mol. The summed E-state index contributed by atoms with van der Waals surface area (Å²) in [5.41, 5.74) is 5.01. The van der Waals surface area contributed by atoms with Crippen molar-refractivity contribution in [2.24, 2.45) is 4.99 Å². The Balaban J connectivity index is 1.07. The largest absolute Gasteiger partial charge is 0.487 e. The van der Waals surface area contributed by atoms with Crippen LogP contribution in [0.4, 0.5) is 5.69 Å². The average Bonchev–Trinajstić information content (AvgIpc) is 3.07. The smallest absolute Gasteiger partial charge is 0.246 e. The van der Waals surface area contributed by atoms with Gasteiger partial charge in [0.2, 0.25) is 5.91 Å². The highest BCUT2D eigenvalue weighted by atomic mass is 16.5. The number of carbonyl (C=O) groups is 1. The Hall–Kier alpha value is -2.84. The summed E-state index contributed by atoms with van der Waals surface area (Å²) in [6.45, 7) is 10.2. The summed E-state index contributed by atoms with van der Waals surface area (Å²) in [6.07, 6.45) is 7.33. The third kappa shape index (κ3) is 4.14. The van der Waals surface area contributed by atoms with Gasteiger partial charge >= 0.3 is 0 Å². The lowest BCUT2D eigenvalue weighted by Gasteiger charge is -2.51. The van der Waals surface area contributed by atoms with Crippen LogP contribution in [-0.4, -0.2) is 97.1 Å². The van der Waals surface area contributed by atoms with Crippen molar-refractivity contribution < 1.29 is 14.3 Å². The van der Waals surface area contributed by atoms with E-state index in [1.54, 1.807) is 0 Å². The molecule has 1 amide bonds. The van der Waals surface area contributed by atoms with Crippen LogP contribution in [0.3, 0.4) is 0 Å². The van der Waals surface area contributed by atoms with Crippen molar-refractivity contribution in [3.05, 3.63) is 47.7 Å². The number of morpholine rings is 1. The Morgan fingerprint density at radius 1 is 1.11 bits per heavy atom.